The minimum absolute atomic E-state index is 0.150. The molecule has 2 aromatic carbocycles. The largest absolute Gasteiger partial charge is 0.493 e. The predicted octanol–water partition coefficient (Wildman–Crippen LogP) is 4.70. The molecule has 2 heterocycles. The number of allylic oxidation sites excluding steroid dienone is 1. The van der Waals surface area contributed by atoms with Crippen LogP contribution in [0.1, 0.15) is 42.6 Å². The first kappa shape index (κ1) is 16.6. The standard InChI is InChI=1S/C21H22O5/c1-5-6-13-7-15-12(2)19(26-20(15)16(8-13)22-3)14-9-17(23-4)21-18(10-14)24-11-25-21/h5-10,12,19H,11H2,1-4H3/t12-,19+/m0/s1. The smallest absolute Gasteiger partial charge is 0.231 e. The quantitative estimate of drug-likeness (QED) is 0.796. The summed E-state index contributed by atoms with van der Waals surface area (Å²) in [5.41, 5.74) is 3.23. The third kappa shape index (κ3) is 2.55. The van der Waals surface area contributed by atoms with Crippen molar-refractivity contribution in [3.63, 3.8) is 0 Å². The Labute approximate surface area is 153 Å². The zero-order chi connectivity index (χ0) is 18.3. The SMILES string of the molecule is CC=Cc1cc(OC)c2c(c1)[C@H](C)[C@H](c1cc(OC)c3c(c1)OCO3)O2. The fraction of sp³-hybridized carbons (Fsp3) is 0.333. The molecule has 2 aliphatic heterocycles. The molecule has 5 nitrogen and oxygen atoms in total. The number of hydrogen-bond donors (Lipinski definition) is 0. The molecule has 26 heavy (non-hydrogen) atoms. The van der Waals surface area contributed by atoms with E-state index in [1.807, 2.05) is 31.2 Å². The van der Waals surface area contributed by atoms with Gasteiger partial charge in [-0.1, -0.05) is 19.1 Å². The lowest BCUT2D eigenvalue weighted by Gasteiger charge is -2.17. The lowest BCUT2D eigenvalue weighted by molar-refractivity contribution is 0.171. The molecule has 0 saturated heterocycles. The summed E-state index contributed by atoms with van der Waals surface area (Å²) in [6, 6.07) is 8.08. The van der Waals surface area contributed by atoms with E-state index >= 15 is 0 Å². The highest BCUT2D eigenvalue weighted by atomic mass is 16.7. The summed E-state index contributed by atoms with van der Waals surface area (Å²) in [7, 11) is 3.29. The predicted molar refractivity (Wildman–Crippen MR) is 98.6 cm³/mol. The van der Waals surface area contributed by atoms with E-state index in [9.17, 15) is 0 Å². The van der Waals surface area contributed by atoms with E-state index in [0.29, 0.717) is 17.2 Å². The van der Waals surface area contributed by atoms with E-state index in [0.717, 1.165) is 28.2 Å². The molecule has 0 aliphatic carbocycles. The van der Waals surface area contributed by atoms with E-state index in [1.54, 1.807) is 14.2 Å². The van der Waals surface area contributed by atoms with Crippen molar-refractivity contribution in [2.45, 2.75) is 25.9 Å². The second-order valence-electron chi connectivity index (χ2n) is 6.43. The third-order valence-electron chi connectivity index (χ3n) is 4.88. The van der Waals surface area contributed by atoms with Crippen molar-refractivity contribution < 1.29 is 23.7 Å². The zero-order valence-corrected chi connectivity index (χ0v) is 15.4. The van der Waals surface area contributed by atoms with Crippen LogP contribution in [0.4, 0.5) is 0 Å². The van der Waals surface area contributed by atoms with Gasteiger partial charge in [0.25, 0.3) is 0 Å². The molecule has 0 bridgehead atoms. The molecule has 2 atom stereocenters. The van der Waals surface area contributed by atoms with Gasteiger partial charge in [0.05, 0.1) is 14.2 Å². The topological polar surface area (TPSA) is 46.2 Å². The molecule has 4 rings (SSSR count). The second-order valence-corrected chi connectivity index (χ2v) is 6.43. The van der Waals surface area contributed by atoms with Gasteiger partial charge in [0.1, 0.15) is 6.10 Å². The van der Waals surface area contributed by atoms with Gasteiger partial charge in [0.2, 0.25) is 12.5 Å². The molecule has 0 saturated carbocycles. The van der Waals surface area contributed by atoms with Gasteiger partial charge in [-0.3, -0.25) is 0 Å². The van der Waals surface area contributed by atoms with Crippen molar-refractivity contribution in [2.75, 3.05) is 21.0 Å². The van der Waals surface area contributed by atoms with Crippen molar-refractivity contribution in [1.29, 1.82) is 0 Å². The number of fused-ring (bicyclic) bond motifs is 2. The van der Waals surface area contributed by atoms with Crippen LogP contribution in [0.3, 0.4) is 0 Å². The summed E-state index contributed by atoms with van der Waals surface area (Å²) in [6.45, 7) is 4.37. The maximum Gasteiger partial charge on any atom is 0.231 e. The van der Waals surface area contributed by atoms with Crippen LogP contribution >= 0.6 is 0 Å². The monoisotopic (exact) mass is 354 g/mol. The van der Waals surface area contributed by atoms with Gasteiger partial charge in [0, 0.05) is 17.0 Å². The van der Waals surface area contributed by atoms with E-state index < -0.39 is 0 Å². The van der Waals surface area contributed by atoms with Crippen LogP contribution < -0.4 is 23.7 Å². The summed E-state index contributed by atoms with van der Waals surface area (Å²) in [4.78, 5) is 0. The Kier molecular flexibility index (Phi) is 4.15. The Morgan fingerprint density at radius 2 is 1.77 bits per heavy atom. The average Bonchev–Trinajstić information content (AvgIpc) is 3.25. The van der Waals surface area contributed by atoms with Crippen LogP contribution in [-0.2, 0) is 0 Å². The van der Waals surface area contributed by atoms with Crippen LogP contribution in [0.15, 0.2) is 30.3 Å². The van der Waals surface area contributed by atoms with Crippen LogP contribution in [-0.4, -0.2) is 21.0 Å². The molecule has 0 spiro atoms. The molecule has 0 radical (unpaired) electrons. The van der Waals surface area contributed by atoms with Gasteiger partial charge in [-0.2, -0.15) is 0 Å². The van der Waals surface area contributed by atoms with E-state index in [-0.39, 0.29) is 18.8 Å². The lowest BCUT2D eigenvalue weighted by Crippen LogP contribution is -2.07. The molecular weight excluding hydrogens is 332 g/mol. The van der Waals surface area contributed by atoms with Crippen molar-refractivity contribution >= 4 is 6.08 Å². The first-order valence-corrected chi connectivity index (χ1v) is 8.65. The van der Waals surface area contributed by atoms with Gasteiger partial charge in [-0.15, -0.1) is 0 Å². The summed E-state index contributed by atoms with van der Waals surface area (Å²) < 4.78 is 28.4. The average molecular weight is 354 g/mol. The Hall–Kier alpha value is -2.82. The number of hydrogen-bond acceptors (Lipinski definition) is 5. The molecule has 136 valence electrons. The first-order chi connectivity index (χ1) is 12.7. The highest BCUT2D eigenvalue weighted by Crippen LogP contribution is 2.53. The van der Waals surface area contributed by atoms with Crippen LogP contribution in [0, 0.1) is 0 Å². The normalized spacial score (nSPS) is 20.2. The molecule has 2 aliphatic rings. The number of methoxy groups -OCH3 is 2. The number of ether oxygens (including phenoxy) is 5. The molecule has 0 N–H and O–H groups in total. The Bertz CT molecular complexity index is 871. The minimum atomic E-state index is -0.150. The molecule has 5 heteroatoms. The number of benzene rings is 2. The molecule has 0 fully saturated rings. The highest BCUT2D eigenvalue weighted by molar-refractivity contribution is 5.63. The third-order valence-corrected chi connectivity index (χ3v) is 4.88. The summed E-state index contributed by atoms with van der Waals surface area (Å²) >= 11 is 0. The van der Waals surface area contributed by atoms with E-state index in [2.05, 4.69) is 19.1 Å². The number of rotatable bonds is 4. The maximum absolute atomic E-state index is 6.32. The molecule has 0 amide bonds. The van der Waals surface area contributed by atoms with Gasteiger partial charge in [-0.25, -0.2) is 0 Å². The Morgan fingerprint density at radius 1 is 1.00 bits per heavy atom. The van der Waals surface area contributed by atoms with Gasteiger partial charge < -0.3 is 23.7 Å². The summed E-state index contributed by atoms with van der Waals surface area (Å²) in [5.74, 6) is 3.70. The summed E-state index contributed by atoms with van der Waals surface area (Å²) in [5, 5.41) is 0. The van der Waals surface area contributed by atoms with E-state index in [4.69, 9.17) is 23.7 Å². The molecular formula is C21H22O5. The first-order valence-electron chi connectivity index (χ1n) is 8.65. The fourth-order valence-electron chi connectivity index (χ4n) is 3.61. The van der Waals surface area contributed by atoms with Gasteiger partial charge in [0.15, 0.2) is 23.0 Å². The van der Waals surface area contributed by atoms with Crippen LogP contribution in [0.5, 0.6) is 28.7 Å². The summed E-state index contributed by atoms with van der Waals surface area (Å²) in [6.07, 6.45) is 3.93. The van der Waals surface area contributed by atoms with Crippen molar-refractivity contribution in [3.05, 3.63) is 47.0 Å². The molecule has 2 aromatic rings. The van der Waals surface area contributed by atoms with Crippen LogP contribution in [0.2, 0.25) is 0 Å². The fourth-order valence-corrected chi connectivity index (χ4v) is 3.61. The van der Waals surface area contributed by atoms with Crippen molar-refractivity contribution in [2.24, 2.45) is 0 Å². The maximum atomic E-state index is 6.32. The van der Waals surface area contributed by atoms with Gasteiger partial charge in [-0.05, 0) is 36.8 Å². The van der Waals surface area contributed by atoms with E-state index in [1.165, 1.54) is 0 Å². The zero-order valence-electron chi connectivity index (χ0n) is 15.4. The Morgan fingerprint density at radius 3 is 2.50 bits per heavy atom. The lowest BCUT2D eigenvalue weighted by atomic mass is 9.91. The Balaban J connectivity index is 1.76. The second kappa shape index (κ2) is 6.48. The molecule has 0 aromatic heterocycles. The van der Waals surface area contributed by atoms with Crippen LogP contribution in [0.25, 0.3) is 6.08 Å². The minimum Gasteiger partial charge on any atom is -0.493 e. The molecule has 0 unspecified atom stereocenters. The van der Waals surface area contributed by atoms with Gasteiger partial charge >= 0.3 is 0 Å². The highest BCUT2D eigenvalue weighted by Gasteiger charge is 2.36. The van der Waals surface area contributed by atoms with Crippen molar-refractivity contribution in [1.82, 2.24) is 0 Å². The van der Waals surface area contributed by atoms with Crippen molar-refractivity contribution in [3.8, 4) is 28.7 Å².